The third-order valence-corrected chi connectivity index (χ3v) is 5.01. The molecule has 0 spiro atoms. The average Bonchev–Trinajstić information content (AvgIpc) is 2.61. The second-order valence-electron chi connectivity index (χ2n) is 5.83. The smallest absolute Gasteiger partial charge is 0.323 e. The molecule has 3 N–H and O–H groups in total. The van der Waals surface area contributed by atoms with E-state index in [4.69, 9.17) is 39.5 Å². The molecule has 2 amide bonds. The van der Waals surface area contributed by atoms with Crippen LogP contribution in [0.5, 0.6) is 11.5 Å². The van der Waals surface area contributed by atoms with Crippen molar-refractivity contribution in [3.63, 3.8) is 0 Å². The van der Waals surface area contributed by atoms with Crippen LogP contribution in [-0.4, -0.2) is 18.2 Å². The van der Waals surface area contributed by atoms with Crippen molar-refractivity contribution in [2.45, 2.75) is 6.92 Å². The summed E-state index contributed by atoms with van der Waals surface area (Å²) in [4.78, 5) is 12.5. The topological polar surface area (TPSA) is 70.6 Å². The lowest BCUT2D eigenvalue weighted by Crippen LogP contribution is -2.20. The molecule has 0 bridgehead atoms. The summed E-state index contributed by atoms with van der Waals surface area (Å²) in [6, 6.07) is 8.96. The number of aromatic hydroxyl groups is 1. The van der Waals surface area contributed by atoms with Crippen LogP contribution in [0.25, 0.3) is 10.8 Å². The Morgan fingerprint density at radius 2 is 1.70 bits per heavy atom. The van der Waals surface area contributed by atoms with E-state index in [9.17, 15) is 9.90 Å². The van der Waals surface area contributed by atoms with E-state index in [1.54, 1.807) is 18.2 Å². The van der Waals surface area contributed by atoms with E-state index in [1.165, 1.54) is 25.3 Å². The van der Waals surface area contributed by atoms with E-state index in [1.807, 2.05) is 6.92 Å². The molecule has 140 valence electrons. The van der Waals surface area contributed by atoms with Crippen LogP contribution in [-0.2, 0) is 0 Å². The summed E-state index contributed by atoms with van der Waals surface area (Å²) in [5, 5.41) is 17.5. The summed E-state index contributed by atoms with van der Waals surface area (Å²) in [7, 11) is 1.48. The van der Waals surface area contributed by atoms with Gasteiger partial charge in [-0.05, 0) is 42.8 Å². The number of carbonyl (C=O) groups is 1. The Morgan fingerprint density at radius 1 is 0.963 bits per heavy atom. The molecule has 0 aliphatic rings. The first-order valence-electron chi connectivity index (χ1n) is 7.83. The third kappa shape index (κ3) is 4.00. The van der Waals surface area contributed by atoms with Gasteiger partial charge in [0.25, 0.3) is 0 Å². The number of phenolic OH excluding ortho intramolecular Hbond substituents is 1. The number of hydrogen-bond donors (Lipinski definition) is 3. The van der Waals surface area contributed by atoms with Gasteiger partial charge >= 0.3 is 6.03 Å². The summed E-state index contributed by atoms with van der Waals surface area (Å²) < 4.78 is 5.25. The molecule has 0 radical (unpaired) electrons. The zero-order valence-electron chi connectivity index (χ0n) is 14.4. The number of aryl methyl sites for hydroxylation is 1. The summed E-state index contributed by atoms with van der Waals surface area (Å²) >= 11 is 18.5. The first-order valence-corrected chi connectivity index (χ1v) is 8.96. The van der Waals surface area contributed by atoms with Crippen LogP contribution < -0.4 is 15.4 Å². The van der Waals surface area contributed by atoms with E-state index >= 15 is 0 Å². The molecule has 0 aliphatic heterocycles. The van der Waals surface area contributed by atoms with E-state index in [0.29, 0.717) is 37.9 Å². The largest absolute Gasteiger partial charge is 0.508 e. The van der Waals surface area contributed by atoms with E-state index in [2.05, 4.69) is 10.6 Å². The molecule has 3 aromatic carbocycles. The summed E-state index contributed by atoms with van der Waals surface area (Å²) in [5.41, 5.74) is 1.57. The van der Waals surface area contributed by atoms with Crippen LogP contribution in [0.3, 0.4) is 0 Å². The number of benzene rings is 3. The van der Waals surface area contributed by atoms with Crippen molar-refractivity contribution in [3.8, 4) is 11.5 Å². The van der Waals surface area contributed by atoms with Crippen LogP contribution in [0, 0.1) is 6.92 Å². The number of carbonyl (C=O) groups excluding carboxylic acids is 1. The Bertz CT molecular complexity index is 1050. The molecule has 0 atom stereocenters. The Morgan fingerprint density at radius 3 is 2.41 bits per heavy atom. The van der Waals surface area contributed by atoms with Gasteiger partial charge in [-0.2, -0.15) is 0 Å². The Hall–Kier alpha value is -2.34. The number of halogens is 3. The minimum absolute atomic E-state index is 0.0271. The average molecular weight is 426 g/mol. The van der Waals surface area contributed by atoms with E-state index in [0.717, 1.165) is 5.56 Å². The molecule has 3 aromatic rings. The molecule has 5 nitrogen and oxygen atoms in total. The molecule has 0 unspecified atom stereocenters. The van der Waals surface area contributed by atoms with Crippen molar-refractivity contribution in [2.75, 3.05) is 17.7 Å². The van der Waals surface area contributed by atoms with Crippen molar-refractivity contribution < 1.29 is 14.6 Å². The first kappa shape index (κ1) is 19.4. The van der Waals surface area contributed by atoms with Gasteiger partial charge in [0.2, 0.25) is 0 Å². The van der Waals surface area contributed by atoms with Gasteiger partial charge in [-0.1, -0.05) is 34.8 Å². The lowest BCUT2D eigenvalue weighted by Gasteiger charge is -2.15. The number of nitrogens with one attached hydrogen (secondary N) is 2. The van der Waals surface area contributed by atoms with Crippen LogP contribution in [0.15, 0.2) is 36.4 Å². The maximum Gasteiger partial charge on any atom is 0.323 e. The van der Waals surface area contributed by atoms with Gasteiger partial charge in [-0.25, -0.2) is 4.79 Å². The SMILES string of the molecule is COc1cc(Cl)c(C)cc1NC(=O)Nc1c(Cl)cc(Cl)c2ccc(O)cc12. The molecule has 0 saturated carbocycles. The summed E-state index contributed by atoms with van der Waals surface area (Å²) in [5.74, 6) is 0.449. The second-order valence-corrected chi connectivity index (χ2v) is 7.05. The first-order chi connectivity index (χ1) is 12.8. The summed E-state index contributed by atoms with van der Waals surface area (Å²) in [6.07, 6.45) is 0. The maximum atomic E-state index is 12.5. The van der Waals surface area contributed by atoms with Crippen molar-refractivity contribution in [1.82, 2.24) is 0 Å². The lowest BCUT2D eigenvalue weighted by atomic mass is 10.1. The molecule has 0 saturated heterocycles. The fourth-order valence-electron chi connectivity index (χ4n) is 2.66. The number of hydrogen-bond acceptors (Lipinski definition) is 3. The number of methoxy groups -OCH3 is 1. The second kappa shape index (κ2) is 7.72. The molecule has 0 fully saturated rings. The number of rotatable bonds is 3. The highest BCUT2D eigenvalue weighted by atomic mass is 35.5. The van der Waals surface area contributed by atoms with Gasteiger partial charge in [0.05, 0.1) is 28.5 Å². The standard InChI is InChI=1S/C19H15Cl3N2O3/c1-9-5-16(17(27-2)8-13(9)20)23-19(26)24-18-12-6-10(25)3-4-11(12)14(21)7-15(18)22/h3-8,25H,1-2H3,(H2,23,24,26). The number of phenols is 1. The Kier molecular flexibility index (Phi) is 5.56. The monoisotopic (exact) mass is 424 g/mol. The van der Waals surface area contributed by atoms with Crippen LogP contribution in [0.1, 0.15) is 5.56 Å². The molecular weight excluding hydrogens is 411 g/mol. The molecule has 0 aliphatic carbocycles. The molecule has 8 heteroatoms. The number of ether oxygens (including phenoxy) is 1. The molecule has 0 heterocycles. The number of amides is 2. The minimum Gasteiger partial charge on any atom is -0.508 e. The molecule has 0 aromatic heterocycles. The molecule has 27 heavy (non-hydrogen) atoms. The van der Waals surface area contributed by atoms with E-state index < -0.39 is 6.03 Å². The van der Waals surface area contributed by atoms with Gasteiger partial charge in [-0.15, -0.1) is 0 Å². The third-order valence-electron chi connectivity index (χ3n) is 3.99. The Balaban J connectivity index is 1.96. The van der Waals surface area contributed by atoms with Crippen molar-refractivity contribution in [3.05, 3.63) is 57.0 Å². The fourth-order valence-corrected chi connectivity index (χ4v) is 3.40. The lowest BCUT2D eigenvalue weighted by molar-refractivity contribution is 0.262. The summed E-state index contributed by atoms with van der Waals surface area (Å²) in [6.45, 7) is 1.82. The maximum absolute atomic E-state index is 12.5. The van der Waals surface area contributed by atoms with Gasteiger partial charge in [0.1, 0.15) is 11.5 Å². The van der Waals surface area contributed by atoms with Crippen LogP contribution in [0.2, 0.25) is 15.1 Å². The quantitative estimate of drug-likeness (QED) is 0.450. The minimum atomic E-state index is -0.538. The van der Waals surface area contributed by atoms with Crippen molar-refractivity contribution >= 4 is 63.0 Å². The molecular formula is C19H15Cl3N2O3. The number of fused-ring (bicyclic) bond motifs is 1. The Labute approximate surface area is 170 Å². The molecule has 3 rings (SSSR count). The fraction of sp³-hybridized carbons (Fsp3) is 0.105. The van der Waals surface area contributed by atoms with Crippen molar-refractivity contribution in [1.29, 1.82) is 0 Å². The van der Waals surface area contributed by atoms with E-state index in [-0.39, 0.29) is 10.8 Å². The van der Waals surface area contributed by atoms with Crippen molar-refractivity contribution in [2.24, 2.45) is 0 Å². The van der Waals surface area contributed by atoms with Gasteiger partial charge in [-0.3, -0.25) is 0 Å². The predicted molar refractivity (Wildman–Crippen MR) is 111 cm³/mol. The highest BCUT2D eigenvalue weighted by molar-refractivity contribution is 6.41. The highest BCUT2D eigenvalue weighted by Gasteiger charge is 2.15. The van der Waals surface area contributed by atoms with Crippen LogP contribution >= 0.6 is 34.8 Å². The normalized spacial score (nSPS) is 10.7. The zero-order chi connectivity index (χ0) is 19.7. The number of urea groups is 1. The van der Waals surface area contributed by atoms with Gasteiger partial charge < -0.3 is 20.5 Å². The zero-order valence-corrected chi connectivity index (χ0v) is 16.6. The highest BCUT2D eigenvalue weighted by Crippen LogP contribution is 2.38. The number of anilines is 2. The predicted octanol–water partition coefficient (Wildman–Crippen LogP) is 6.47. The van der Waals surface area contributed by atoms with Crippen LogP contribution in [0.4, 0.5) is 16.2 Å². The van der Waals surface area contributed by atoms with Gasteiger partial charge in [0.15, 0.2) is 0 Å². The van der Waals surface area contributed by atoms with Gasteiger partial charge in [0, 0.05) is 21.9 Å².